The van der Waals surface area contributed by atoms with Crippen LogP contribution in [0.25, 0.3) is 11.1 Å². The fraction of sp³-hybridized carbons (Fsp3) is 0.500. The first-order valence-corrected chi connectivity index (χ1v) is 7.44. The summed E-state index contributed by atoms with van der Waals surface area (Å²) >= 11 is 0. The molecule has 22 heavy (non-hydrogen) atoms. The van der Waals surface area contributed by atoms with E-state index >= 15 is 0 Å². The molecule has 2 N–H and O–H groups in total. The molecule has 0 radical (unpaired) electrons. The molecule has 1 aliphatic carbocycles. The van der Waals surface area contributed by atoms with Crippen LogP contribution in [0, 0.1) is 5.92 Å². The van der Waals surface area contributed by atoms with E-state index in [1.165, 1.54) is 7.11 Å². The van der Waals surface area contributed by atoms with E-state index in [0.717, 1.165) is 31.2 Å². The topological polar surface area (TPSA) is 87.6 Å². The predicted molar refractivity (Wildman–Crippen MR) is 81.7 cm³/mol. The number of ether oxygens (including phenoxy) is 2. The number of nitrogens with zero attached hydrogens (tertiary/aromatic N) is 1. The first-order chi connectivity index (χ1) is 10.6. The van der Waals surface area contributed by atoms with Crippen LogP contribution in [0.4, 0.5) is 5.69 Å². The van der Waals surface area contributed by atoms with Crippen LogP contribution in [0.3, 0.4) is 0 Å². The van der Waals surface area contributed by atoms with Gasteiger partial charge in [0, 0.05) is 18.1 Å². The maximum absolute atomic E-state index is 11.6. The minimum Gasteiger partial charge on any atom is -0.495 e. The molecule has 0 atom stereocenters. The van der Waals surface area contributed by atoms with Gasteiger partial charge in [-0.2, -0.15) is 0 Å². The maximum atomic E-state index is 11.6. The molecule has 0 unspecified atom stereocenters. The van der Waals surface area contributed by atoms with Gasteiger partial charge in [-0.3, -0.25) is 4.79 Å². The molecule has 0 aliphatic heterocycles. The Bertz CT molecular complexity index is 687. The van der Waals surface area contributed by atoms with Crippen LogP contribution in [0.1, 0.15) is 37.5 Å². The first kappa shape index (κ1) is 14.7. The average molecular weight is 304 g/mol. The Labute approximate surface area is 128 Å². The van der Waals surface area contributed by atoms with E-state index in [2.05, 4.69) is 4.98 Å². The molecule has 2 aromatic rings. The summed E-state index contributed by atoms with van der Waals surface area (Å²) in [5, 5.41) is 0. The summed E-state index contributed by atoms with van der Waals surface area (Å²) in [5.41, 5.74) is 7.84. The quantitative estimate of drug-likeness (QED) is 0.693. The van der Waals surface area contributed by atoms with Gasteiger partial charge in [0.15, 0.2) is 11.5 Å². The van der Waals surface area contributed by atoms with Crippen molar-refractivity contribution in [3.8, 4) is 5.75 Å². The molecule has 0 spiro atoms. The number of nitrogens with two attached hydrogens (primary N) is 1. The number of oxazole rings is 1. The highest BCUT2D eigenvalue weighted by atomic mass is 16.5. The fourth-order valence-corrected chi connectivity index (χ4v) is 3.08. The van der Waals surface area contributed by atoms with Crippen molar-refractivity contribution < 1.29 is 18.7 Å². The average Bonchev–Trinajstić information content (AvgIpc) is 2.96. The number of nitrogen functional groups attached to an aromatic ring is 1. The van der Waals surface area contributed by atoms with Gasteiger partial charge in [0.05, 0.1) is 25.8 Å². The number of esters is 1. The summed E-state index contributed by atoms with van der Waals surface area (Å²) in [4.78, 5) is 16.1. The third kappa shape index (κ3) is 2.61. The van der Waals surface area contributed by atoms with Crippen molar-refractivity contribution in [1.29, 1.82) is 0 Å². The van der Waals surface area contributed by atoms with E-state index in [4.69, 9.17) is 19.6 Å². The largest absolute Gasteiger partial charge is 0.495 e. The van der Waals surface area contributed by atoms with Crippen molar-refractivity contribution in [2.45, 2.75) is 31.6 Å². The lowest BCUT2D eigenvalue weighted by atomic mass is 9.82. The van der Waals surface area contributed by atoms with Crippen molar-refractivity contribution in [2.75, 3.05) is 20.0 Å². The first-order valence-electron chi connectivity index (χ1n) is 7.44. The standard InChI is InChI=1S/C16H20N2O4/c1-20-13-8-12-14(7-11(13)17)22-15(18-12)9-3-5-10(6-4-9)16(19)21-2/h7-10H,3-6,17H2,1-2H3. The number of rotatable bonds is 3. The maximum Gasteiger partial charge on any atom is 0.308 e. The van der Waals surface area contributed by atoms with Crippen molar-refractivity contribution in [2.24, 2.45) is 5.92 Å². The number of benzene rings is 1. The molecule has 1 aromatic carbocycles. The van der Waals surface area contributed by atoms with Crippen molar-refractivity contribution in [3.63, 3.8) is 0 Å². The molecule has 6 nitrogen and oxygen atoms in total. The zero-order chi connectivity index (χ0) is 15.7. The Morgan fingerprint density at radius 1 is 1.27 bits per heavy atom. The SMILES string of the molecule is COC(=O)C1CCC(c2nc3cc(OC)c(N)cc3o2)CC1. The number of fused-ring (bicyclic) bond motifs is 1. The van der Waals surface area contributed by atoms with E-state index in [-0.39, 0.29) is 17.8 Å². The van der Waals surface area contributed by atoms with Crippen LogP contribution in [-0.4, -0.2) is 25.2 Å². The zero-order valence-corrected chi connectivity index (χ0v) is 12.8. The Morgan fingerprint density at radius 3 is 2.64 bits per heavy atom. The van der Waals surface area contributed by atoms with Gasteiger partial charge in [-0.05, 0) is 25.7 Å². The summed E-state index contributed by atoms with van der Waals surface area (Å²) < 4.78 is 15.9. The molecule has 1 aromatic heterocycles. The van der Waals surface area contributed by atoms with Gasteiger partial charge >= 0.3 is 5.97 Å². The lowest BCUT2D eigenvalue weighted by molar-refractivity contribution is -0.146. The highest BCUT2D eigenvalue weighted by molar-refractivity contribution is 5.80. The van der Waals surface area contributed by atoms with Gasteiger partial charge in [0.25, 0.3) is 0 Å². The molecule has 1 aliphatic rings. The van der Waals surface area contributed by atoms with E-state index in [1.807, 2.05) is 0 Å². The van der Waals surface area contributed by atoms with Crippen molar-refractivity contribution in [1.82, 2.24) is 4.98 Å². The number of hydrogen-bond donors (Lipinski definition) is 1. The van der Waals surface area contributed by atoms with Crippen LogP contribution in [0.2, 0.25) is 0 Å². The van der Waals surface area contributed by atoms with Crippen LogP contribution in [-0.2, 0) is 9.53 Å². The van der Waals surface area contributed by atoms with Gasteiger partial charge in [0.1, 0.15) is 11.3 Å². The number of carbonyl (C=O) groups excluding carboxylic acids is 1. The third-order valence-electron chi connectivity index (χ3n) is 4.37. The summed E-state index contributed by atoms with van der Waals surface area (Å²) in [6, 6.07) is 3.53. The molecular formula is C16H20N2O4. The smallest absolute Gasteiger partial charge is 0.308 e. The summed E-state index contributed by atoms with van der Waals surface area (Å²) in [7, 11) is 3.01. The minimum absolute atomic E-state index is 0.00127. The number of carbonyl (C=O) groups is 1. The second-order valence-corrected chi connectivity index (χ2v) is 5.69. The number of hydrogen-bond acceptors (Lipinski definition) is 6. The molecule has 0 amide bonds. The lowest BCUT2D eigenvalue weighted by Gasteiger charge is -2.24. The Balaban J connectivity index is 1.79. The van der Waals surface area contributed by atoms with E-state index in [1.54, 1.807) is 19.2 Å². The van der Waals surface area contributed by atoms with Gasteiger partial charge < -0.3 is 19.6 Å². The predicted octanol–water partition coefficient (Wildman–Crippen LogP) is 2.87. The Kier molecular flexibility index (Phi) is 3.92. The molecule has 0 saturated heterocycles. The monoisotopic (exact) mass is 304 g/mol. The van der Waals surface area contributed by atoms with E-state index in [0.29, 0.717) is 22.9 Å². The van der Waals surface area contributed by atoms with Crippen LogP contribution in [0.5, 0.6) is 5.75 Å². The Morgan fingerprint density at radius 2 is 2.00 bits per heavy atom. The molecular weight excluding hydrogens is 284 g/mol. The molecule has 1 heterocycles. The zero-order valence-electron chi connectivity index (χ0n) is 12.8. The van der Waals surface area contributed by atoms with Crippen molar-refractivity contribution in [3.05, 3.63) is 18.0 Å². The van der Waals surface area contributed by atoms with E-state index in [9.17, 15) is 4.79 Å². The molecule has 1 saturated carbocycles. The third-order valence-corrected chi connectivity index (χ3v) is 4.37. The summed E-state index contributed by atoms with van der Waals surface area (Å²) in [5.74, 6) is 1.43. The highest BCUT2D eigenvalue weighted by Gasteiger charge is 2.30. The number of anilines is 1. The van der Waals surface area contributed by atoms with E-state index < -0.39 is 0 Å². The normalized spacial score (nSPS) is 21.7. The van der Waals surface area contributed by atoms with Gasteiger partial charge in [0.2, 0.25) is 0 Å². The minimum atomic E-state index is -0.117. The molecule has 1 fully saturated rings. The van der Waals surface area contributed by atoms with Crippen LogP contribution < -0.4 is 10.5 Å². The fourth-order valence-electron chi connectivity index (χ4n) is 3.08. The molecule has 3 rings (SSSR count). The van der Waals surface area contributed by atoms with Gasteiger partial charge in [-0.25, -0.2) is 4.98 Å². The second kappa shape index (κ2) is 5.87. The number of aromatic nitrogens is 1. The Hall–Kier alpha value is -2.24. The lowest BCUT2D eigenvalue weighted by Crippen LogP contribution is -2.22. The molecule has 118 valence electrons. The molecule has 0 bridgehead atoms. The van der Waals surface area contributed by atoms with Gasteiger partial charge in [-0.1, -0.05) is 0 Å². The van der Waals surface area contributed by atoms with Gasteiger partial charge in [-0.15, -0.1) is 0 Å². The molecule has 6 heteroatoms. The second-order valence-electron chi connectivity index (χ2n) is 5.69. The summed E-state index contributed by atoms with van der Waals surface area (Å²) in [6.45, 7) is 0. The highest BCUT2D eigenvalue weighted by Crippen LogP contribution is 2.38. The van der Waals surface area contributed by atoms with Crippen LogP contribution in [0.15, 0.2) is 16.5 Å². The number of methoxy groups -OCH3 is 2. The van der Waals surface area contributed by atoms with Crippen LogP contribution >= 0.6 is 0 Å². The van der Waals surface area contributed by atoms with Crippen molar-refractivity contribution >= 4 is 22.8 Å². The summed E-state index contributed by atoms with van der Waals surface area (Å²) in [6.07, 6.45) is 3.36.